The molecular formula is C40H24O2S8. The summed E-state index contributed by atoms with van der Waals surface area (Å²) in [5.41, 5.74) is 13.1. The van der Waals surface area contributed by atoms with Crippen molar-refractivity contribution in [3.05, 3.63) is 116 Å². The zero-order valence-electron chi connectivity index (χ0n) is 26.1. The Balaban J connectivity index is 0.000000120. The van der Waals surface area contributed by atoms with Gasteiger partial charge in [0.2, 0.25) is 0 Å². The highest BCUT2D eigenvalue weighted by Gasteiger charge is 2.30. The second kappa shape index (κ2) is 11.8. The highest BCUT2D eigenvalue weighted by molar-refractivity contribution is 7.30. The second-order valence-electron chi connectivity index (χ2n) is 12.6. The molecule has 0 saturated heterocycles. The summed E-state index contributed by atoms with van der Waals surface area (Å²) in [5.74, 6) is 0. The Morgan fingerprint density at radius 2 is 0.880 bits per heavy atom. The van der Waals surface area contributed by atoms with Gasteiger partial charge in [0.15, 0.2) is 0 Å². The van der Waals surface area contributed by atoms with Gasteiger partial charge >= 0.3 is 0 Å². The average Bonchev–Trinajstić information content (AvgIpc) is 3.94. The van der Waals surface area contributed by atoms with Crippen LogP contribution in [0.4, 0.5) is 0 Å². The predicted molar refractivity (Wildman–Crippen MR) is 225 cm³/mol. The third kappa shape index (κ3) is 4.64. The molecule has 0 atom stereocenters. The fourth-order valence-corrected chi connectivity index (χ4v) is 16.7. The molecular weight excluding hydrogens is 769 g/mol. The molecule has 50 heavy (non-hydrogen) atoms. The molecule has 8 aromatic heterocycles. The molecule has 12 rings (SSSR count). The first kappa shape index (κ1) is 30.6. The Morgan fingerprint density at radius 3 is 1.32 bits per heavy atom. The SMILES string of the molecule is OCc1cc(-c2cc3sccc3s2)c(CO)cc1-c1cc2sccc2s1.c1cc2sc3c(c2s1)Cc1cc2c(cc1-3)Cc1c-2sc2ccsc12. The van der Waals surface area contributed by atoms with E-state index >= 15 is 0 Å². The highest BCUT2D eigenvalue weighted by atomic mass is 32.1. The molecule has 2 nitrogen and oxygen atoms in total. The van der Waals surface area contributed by atoms with Crippen molar-refractivity contribution in [2.24, 2.45) is 0 Å². The molecule has 0 unspecified atom stereocenters. The minimum atomic E-state index is -0.0146. The number of thiophene rings is 8. The van der Waals surface area contributed by atoms with Gasteiger partial charge in [-0.05, 0) is 138 Å². The fourth-order valence-electron chi connectivity index (χ4n) is 7.49. The third-order valence-electron chi connectivity index (χ3n) is 9.81. The van der Waals surface area contributed by atoms with Crippen LogP contribution in [0.15, 0.2) is 82.2 Å². The maximum atomic E-state index is 9.99. The van der Waals surface area contributed by atoms with Crippen molar-refractivity contribution in [1.82, 2.24) is 0 Å². The van der Waals surface area contributed by atoms with Crippen LogP contribution in [0.1, 0.15) is 33.4 Å². The molecule has 2 N–H and O–H groups in total. The van der Waals surface area contributed by atoms with Crippen molar-refractivity contribution in [2.75, 3.05) is 0 Å². The summed E-state index contributed by atoms with van der Waals surface area (Å²) >= 11 is 14.7. The molecule has 0 bridgehead atoms. The van der Waals surface area contributed by atoms with E-state index in [0.717, 1.165) is 44.8 Å². The fraction of sp³-hybridized carbons (Fsp3) is 0.100. The van der Waals surface area contributed by atoms with Gasteiger partial charge < -0.3 is 10.2 Å². The average molecular weight is 793 g/mol. The molecule has 0 saturated carbocycles. The molecule has 2 aliphatic rings. The molecule has 10 heteroatoms. The summed E-state index contributed by atoms with van der Waals surface area (Å²) in [5, 5.41) is 28.6. The highest BCUT2D eigenvalue weighted by Crippen LogP contribution is 2.54. The summed E-state index contributed by atoms with van der Waals surface area (Å²) < 4.78 is 11.0. The lowest BCUT2D eigenvalue weighted by Crippen LogP contribution is -1.95. The van der Waals surface area contributed by atoms with E-state index in [-0.39, 0.29) is 13.2 Å². The van der Waals surface area contributed by atoms with Crippen molar-refractivity contribution in [2.45, 2.75) is 26.1 Å². The molecule has 0 radical (unpaired) electrons. The number of aliphatic hydroxyl groups is 2. The van der Waals surface area contributed by atoms with E-state index in [1.54, 1.807) is 56.5 Å². The van der Waals surface area contributed by atoms with Crippen molar-refractivity contribution < 1.29 is 10.2 Å². The smallest absolute Gasteiger partial charge is 0.0688 e. The standard InChI is InChI=1S/C20H14O2S4.C20H10S4/c21-9-11-6-14(18-8-20-16(26-18)2-4-24-20)12(10-22)5-13(11)17-7-19-15(25-17)1-3-23-19;1-3-21-19-13-7-9-6-12-10(5-11(9)17(13)23-15(1)19)8-14-18(12)24-16-2-4-22-20(14)16/h1-8,21-22H,9-10H2;1-6H,7-8H2. The Bertz CT molecular complexity index is 2670. The quantitative estimate of drug-likeness (QED) is 0.186. The summed E-state index contributed by atoms with van der Waals surface area (Å²) in [6, 6.07) is 22.3. The molecule has 8 heterocycles. The number of hydrogen-bond acceptors (Lipinski definition) is 10. The van der Waals surface area contributed by atoms with Crippen molar-refractivity contribution in [3.63, 3.8) is 0 Å². The lowest BCUT2D eigenvalue weighted by Gasteiger charge is -2.13. The monoisotopic (exact) mass is 792 g/mol. The minimum absolute atomic E-state index is 0.0146. The third-order valence-corrected chi connectivity index (χ3v) is 18.7. The number of fused-ring (bicyclic) bond motifs is 12. The van der Waals surface area contributed by atoms with Gasteiger partial charge in [0.05, 0.1) is 13.2 Å². The summed E-state index contributed by atoms with van der Waals surface area (Å²) in [6.07, 6.45) is 2.24. The molecule has 0 amide bonds. The lowest BCUT2D eigenvalue weighted by atomic mass is 9.97. The number of aliphatic hydroxyl groups excluding tert-OH is 2. The number of rotatable bonds is 4. The largest absolute Gasteiger partial charge is 0.392 e. The van der Waals surface area contributed by atoms with Gasteiger partial charge in [-0.2, -0.15) is 0 Å². The van der Waals surface area contributed by atoms with E-state index in [9.17, 15) is 10.2 Å². The Kier molecular flexibility index (Phi) is 7.20. The normalized spacial score (nSPS) is 13.0. The van der Waals surface area contributed by atoms with Gasteiger partial charge in [-0.3, -0.25) is 0 Å². The van der Waals surface area contributed by atoms with Crippen LogP contribution in [0.3, 0.4) is 0 Å². The molecule has 0 spiro atoms. The summed E-state index contributed by atoms with van der Waals surface area (Å²) in [6.45, 7) is -0.0291. The Morgan fingerprint density at radius 1 is 0.440 bits per heavy atom. The van der Waals surface area contributed by atoms with E-state index in [2.05, 4.69) is 70.1 Å². The van der Waals surface area contributed by atoms with Crippen molar-refractivity contribution in [1.29, 1.82) is 0 Å². The zero-order valence-corrected chi connectivity index (χ0v) is 32.6. The van der Waals surface area contributed by atoms with Gasteiger partial charge in [0.1, 0.15) is 0 Å². The van der Waals surface area contributed by atoms with Gasteiger partial charge in [-0.25, -0.2) is 0 Å². The number of hydrogen-bond donors (Lipinski definition) is 2. The topological polar surface area (TPSA) is 40.5 Å². The lowest BCUT2D eigenvalue weighted by molar-refractivity contribution is 0.279. The summed E-state index contributed by atoms with van der Waals surface area (Å²) in [7, 11) is 0. The minimum Gasteiger partial charge on any atom is -0.392 e. The first-order chi connectivity index (χ1) is 24.6. The second-order valence-corrected chi connectivity index (χ2v) is 20.6. The summed E-state index contributed by atoms with van der Waals surface area (Å²) in [4.78, 5) is 5.35. The predicted octanol–water partition coefficient (Wildman–Crippen LogP) is 13.9. The maximum absolute atomic E-state index is 9.99. The molecule has 244 valence electrons. The van der Waals surface area contributed by atoms with Crippen molar-refractivity contribution in [3.8, 4) is 41.8 Å². The zero-order chi connectivity index (χ0) is 33.1. The van der Waals surface area contributed by atoms with Crippen LogP contribution >= 0.6 is 90.7 Å². The van der Waals surface area contributed by atoms with Crippen LogP contribution in [0.25, 0.3) is 79.4 Å². The molecule has 0 fully saturated rings. The van der Waals surface area contributed by atoms with Gasteiger partial charge in [0.25, 0.3) is 0 Å². The van der Waals surface area contributed by atoms with E-state index in [4.69, 9.17) is 0 Å². The van der Waals surface area contributed by atoms with E-state index in [0.29, 0.717) is 0 Å². The first-order valence-corrected chi connectivity index (χ1v) is 22.9. The van der Waals surface area contributed by atoms with Crippen molar-refractivity contribution >= 4 is 128 Å². The molecule has 2 aromatic carbocycles. The molecule has 0 aliphatic heterocycles. The van der Waals surface area contributed by atoms with E-state index in [1.165, 1.54) is 69.6 Å². The van der Waals surface area contributed by atoms with Crippen LogP contribution in [0, 0.1) is 0 Å². The van der Waals surface area contributed by atoms with Crippen LogP contribution in [-0.4, -0.2) is 10.2 Å². The van der Waals surface area contributed by atoms with E-state index in [1.807, 2.05) is 57.5 Å². The van der Waals surface area contributed by atoms with Crippen LogP contribution in [0.5, 0.6) is 0 Å². The van der Waals surface area contributed by atoms with Crippen LogP contribution in [0.2, 0.25) is 0 Å². The first-order valence-electron chi connectivity index (χ1n) is 16.1. The van der Waals surface area contributed by atoms with Gasteiger partial charge in [-0.15, -0.1) is 90.7 Å². The van der Waals surface area contributed by atoms with Crippen LogP contribution < -0.4 is 0 Å². The molecule has 2 aliphatic carbocycles. The van der Waals surface area contributed by atoms with E-state index < -0.39 is 0 Å². The van der Waals surface area contributed by atoms with Gasteiger partial charge in [-0.1, -0.05) is 0 Å². The Labute approximate surface area is 319 Å². The maximum Gasteiger partial charge on any atom is 0.0688 e. The molecule has 10 aromatic rings. The van der Waals surface area contributed by atoms with Gasteiger partial charge in [0, 0.05) is 69.9 Å². The Hall–Kier alpha value is -3.00. The van der Waals surface area contributed by atoms with Crippen LogP contribution in [-0.2, 0) is 26.1 Å². The number of benzene rings is 2.